The quantitative estimate of drug-likeness (QED) is 0.253. The molecule has 0 unspecified atom stereocenters. The van der Waals surface area contributed by atoms with Gasteiger partial charge in [-0.25, -0.2) is 13.1 Å². The summed E-state index contributed by atoms with van der Waals surface area (Å²) in [5.74, 6) is -0.0849. The molecule has 10 heteroatoms. The standard InChI is InChI=1S/C33H44N4O5S/c1-23(2)28(29(38)36-43(40,41)31(4,5)34)35-24(3)22-37(21-20-32(16-17-32)25-10-8-7-9-11-25)30(39)33(18-19-33)26-12-14-27(42-6)15-13-26/h7-15H,16-22,34H2,1-6H3,(H,36,38). The van der Waals surface area contributed by atoms with Gasteiger partial charge in [0, 0.05) is 12.3 Å². The smallest absolute Gasteiger partial charge is 0.283 e. The lowest BCUT2D eigenvalue weighted by molar-refractivity contribution is -0.133. The monoisotopic (exact) mass is 608 g/mol. The summed E-state index contributed by atoms with van der Waals surface area (Å²) in [6.07, 6.45) is 4.47. The Balaban J connectivity index is 1.60. The van der Waals surface area contributed by atoms with Crippen molar-refractivity contribution in [3.05, 3.63) is 77.0 Å². The van der Waals surface area contributed by atoms with Crippen molar-refractivity contribution in [3.63, 3.8) is 0 Å². The second-order valence-electron chi connectivity index (χ2n) is 12.7. The van der Waals surface area contributed by atoms with E-state index in [0.29, 0.717) is 17.8 Å². The van der Waals surface area contributed by atoms with Crippen LogP contribution < -0.4 is 15.2 Å². The number of nitrogens with zero attached hydrogens (tertiary/aromatic N) is 2. The number of rotatable bonds is 13. The zero-order valence-corrected chi connectivity index (χ0v) is 26.9. The van der Waals surface area contributed by atoms with Crippen LogP contribution in [0.4, 0.5) is 0 Å². The molecule has 232 valence electrons. The molecule has 2 amide bonds. The number of allylic oxidation sites excluding steroid dienone is 1. The van der Waals surface area contributed by atoms with Gasteiger partial charge in [0.2, 0.25) is 5.91 Å². The van der Waals surface area contributed by atoms with E-state index in [2.05, 4.69) is 29.3 Å². The van der Waals surface area contributed by atoms with E-state index in [1.807, 2.05) is 40.0 Å². The van der Waals surface area contributed by atoms with Crippen LogP contribution in [0.3, 0.4) is 0 Å². The van der Waals surface area contributed by atoms with Crippen molar-refractivity contribution < 1.29 is 22.7 Å². The van der Waals surface area contributed by atoms with Gasteiger partial charge in [0.1, 0.15) is 16.3 Å². The van der Waals surface area contributed by atoms with Crippen LogP contribution in [0, 0.1) is 0 Å². The number of amides is 2. The fourth-order valence-electron chi connectivity index (χ4n) is 5.38. The van der Waals surface area contributed by atoms with Gasteiger partial charge >= 0.3 is 0 Å². The molecule has 0 saturated heterocycles. The van der Waals surface area contributed by atoms with E-state index < -0.39 is 26.2 Å². The summed E-state index contributed by atoms with van der Waals surface area (Å²) in [6.45, 7) is 8.49. The number of nitrogens with one attached hydrogen (secondary N) is 1. The van der Waals surface area contributed by atoms with Gasteiger partial charge in [-0.3, -0.25) is 14.6 Å². The molecule has 2 fully saturated rings. The molecule has 0 radical (unpaired) electrons. The lowest BCUT2D eigenvalue weighted by Crippen LogP contribution is -2.50. The highest BCUT2D eigenvalue weighted by Crippen LogP contribution is 2.52. The van der Waals surface area contributed by atoms with Crippen LogP contribution in [-0.4, -0.2) is 55.9 Å². The fourth-order valence-corrected chi connectivity index (χ4v) is 5.99. The van der Waals surface area contributed by atoms with Gasteiger partial charge in [-0.1, -0.05) is 42.5 Å². The maximum Gasteiger partial charge on any atom is 0.283 e. The Hall–Kier alpha value is -3.50. The predicted molar refractivity (Wildman–Crippen MR) is 169 cm³/mol. The van der Waals surface area contributed by atoms with Crippen molar-refractivity contribution in [2.75, 3.05) is 20.2 Å². The molecule has 0 aliphatic heterocycles. The third kappa shape index (κ3) is 7.18. The van der Waals surface area contributed by atoms with E-state index in [1.165, 1.54) is 19.4 Å². The van der Waals surface area contributed by atoms with Gasteiger partial charge in [-0.05, 0) is 101 Å². The minimum atomic E-state index is -4.14. The third-order valence-corrected chi connectivity index (χ3v) is 10.4. The number of carbonyl (C=O) groups excluding carboxylic acids is 2. The molecule has 0 aromatic heterocycles. The molecular formula is C33H44N4O5S. The Morgan fingerprint density at radius 3 is 2.07 bits per heavy atom. The van der Waals surface area contributed by atoms with Crippen molar-refractivity contribution in [1.29, 1.82) is 0 Å². The molecule has 3 N–H and O–H groups in total. The highest BCUT2D eigenvalue weighted by Gasteiger charge is 2.53. The first-order valence-electron chi connectivity index (χ1n) is 14.7. The summed E-state index contributed by atoms with van der Waals surface area (Å²) in [4.78, 5) is 32.1. The van der Waals surface area contributed by atoms with Crippen LogP contribution in [0.15, 0.2) is 70.9 Å². The molecule has 4 rings (SSSR count). The van der Waals surface area contributed by atoms with Crippen LogP contribution in [0.1, 0.15) is 77.8 Å². The molecular weight excluding hydrogens is 564 g/mol. The Morgan fingerprint density at radius 1 is 0.977 bits per heavy atom. The Morgan fingerprint density at radius 2 is 1.58 bits per heavy atom. The first-order chi connectivity index (χ1) is 20.1. The summed E-state index contributed by atoms with van der Waals surface area (Å²) in [6, 6.07) is 18.1. The lowest BCUT2D eigenvalue weighted by Gasteiger charge is -2.30. The molecule has 0 heterocycles. The number of nitrogens with two attached hydrogens (primary N) is 1. The van der Waals surface area contributed by atoms with Crippen molar-refractivity contribution in [1.82, 2.24) is 9.62 Å². The molecule has 9 nitrogen and oxygen atoms in total. The Kier molecular flexibility index (Phi) is 9.23. The number of hydrogen-bond donors (Lipinski definition) is 2. The van der Waals surface area contributed by atoms with Crippen molar-refractivity contribution in [2.24, 2.45) is 10.7 Å². The number of benzene rings is 2. The van der Waals surface area contributed by atoms with E-state index in [1.54, 1.807) is 27.9 Å². The molecule has 43 heavy (non-hydrogen) atoms. The third-order valence-electron chi connectivity index (χ3n) is 8.52. The van der Waals surface area contributed by atoms with E-state index >= 15 is 0 Å². The number of sulfonamides is 1. The molecule has 0 spiro atoms. The van der Waals surface area contributed by atoms with Crippen LogP contribution in [0.5, 0.6) is 5.75 Å². The highest BCUT2D eigenvalue weighted by atomic mass is 32.2. The number of aliphatic imine (C=N–C) groups is 1. The summed E-state index contributed by atoms with van der Waals surface area (Å²) in [7, 11) is -2.52. The lowest BCUT2D eigenvalue weighted by atomic mass is 9.91. The molecule has 2 aliphatic rings. The van der Waals surface area contributed by atoms with Gasteiger partial charge in [0.05, 0.1) is 19.1 Å². The molecule has 2 aromatic rings. The van der Waals surface area contributed by atoms with Crippen LogP contribution >= 0.6 is 0 Å². The van der Waals surface area contributed by atoms with Crippen LogP contribution in [0.25, 0.3) is 0 Å². The van der Waals surface area contributed by atoms with Crippen molar-refractivity contribution in [3.8, 4) is 5.75 Å². The minimum absolute atomic E-state index is 0.0167. The fraction of sp³-hybridized carbons (Fsp3) is 0.485. The minimum Gasteiger partial charge on any atom is -0.497 e. The summed E-state index contributed by atoms with van der Waals surface area (Å²) < 4.78 is 32.5. The number of ether oxygens (including phenoxy) is 1. The zero-order chi connectivity index (χ0) is 31.6. The molecule has 0 bridgehead atoms. The maximum absolute atomic E-state index is 14.3. The normalized spacial score (nSPS) is 17.0. The average molecular weight is 609 g/mol. The maximum atomic E-state index is 14.3. The number of methoxy groups -OCH3 is 1. The van der Waals surface area contributed by atoms with E-state index in [9.17, 15) is 18.0 Å². The van der Waals surface area contributed by atoms with Gasteiger partial charge < -0.3 is 15.4 Å². The Labute approximate surface area is 255 Å². The van der Waals surface area contributed by atoms with E-state index in [4.69, 9.17) is 10.5 Å². The zero-order valence-electron chi connectivity index (χ0n) is 26.1. The Bertz CT molecular complexity index is 1510. The summed E-state index contributed by atoms with van der Waals surface area (Å²) in [5.41, 5.74) is 8.50. The molecule has 2 saturated carbocycles. The van der Waals surface area contributed by atoms with Gasteiger partial charge in [0.25, 0.3) is 15.9 Å². The highest BCUT2D eigenvalue weighted by molar-refractivity contribution is 7.91. The van der Waals surface area contributed by atoms with Crippen molar-refractivity contribution >= 4 is 27.5 Å². The second-order valence-corrected chi connectivity index (χ2v) is 14.9. The SMILES string of the molecule is COc1ccc(C2(C(=O)N(CCC3(c4ccccc4)CC3)CC(C)=NC(C(=O)NS(=O)(=O)C(C)(C)N)=C(C)C)CC2)cc1. The topological polar surface area (TPSA) is 131 Å². The average Bonchev–Trinajstić information content (AvgIpc) is 3.89. The molecule has 2 aliphatic carbocycles. The summed E-state index contributed by atoms with van der Waals surface area (Å²) >= 11 is 0. The number of carbonyl (C=O) groups is 2. The van der Waals surface area contributed by atoms with Gasteiger partial charge in [-0.15, -0.1) is 0 Å². The van der Waals surface area contributed by atoms with Gasteiger partial charge in [-0.2, -0.15) is 0 Å². The first kappa shape index (κ1) is 32.4. The molecule has 0 atom stereocenters. The predicted octanol–water partition coefficient (Wildman–Crippen LogP) is 4.57. The van der Waals surface area contributed by atoms with Gasteiger partial charge in [0.15, 0.2) is 0 Å². The van der Waals surface area contributed by atoms with E-state index in [-0.39, 0.29) is 23.6 Å². The largest absolute Gasteiger partial charge is 0.497 e. The second kappa shape index (κ2) is 12.2. The van der Waals surface area contributed by atoms with Crippen LogP contribution in [-0.2, 0) is 30.4 Å². The summed E-state index contributed by atoms with van der Waals surface area (Å²) in [5, 5.41) is 0. The first-order valence-corrected chi connectivity index (χ1v) is 16.2. The number of hydrogen-bond acceptors (Lipinski definition) is 7. The van der Waals surface area contributed by atoms with E-state index in [0.717, 1.165) is 43.4 Å². The van der Waals surface area contributed by atoms with Crippen molar-refractivity contribution in [2.45, 2.75) is 82.4 Å². The molecule has 2 aromatic carbocycles. The van der Waals surface area contributed by atoms with Crippen LogP contribution in [0.2, 0.25) is 0 Å².